The Hall–Kier alpha value is -1.63. The van der Waals surface area contributed by atoms with Crippen LogP contribution in [0.2, 0.25) is 0 Å². The summed E-state index contributed by atoms with van der Waals surface area (Å²) < 4.78 is 0. The Kier molecular flexibility index (Phi) is 3.83. The van der Waals surface area contributed by atoms with Crippen LogP contribution in [-0.4, -0.2) is 39.1 Å². The molecule has 0 saturated heterocycles. The van der Waals surface area contributed by atoms with E-state index in [0.717, 1.165) is 0 Å². The predicted molar refractivity (Wildman–Crippen MR) is 55.9 cm³/mol. The van der Waals surface area contributed by atoms with E-state index in [-0.39, 0.29) is 16.8 Å². The highest BCUT2D eigenvalue weighted by Gasteiger charge is 2.24. The Morgan fingerprint density at radius 3 is 2.50 bits per heavy atom. The van der Waals surface area contributed by atoms with E-state index in [0.29, 0.717) is 0 Å². The van der Waals surface area contributed by atoms with Gasteiger partial charge in [0.25, 0.3) is 0 Å². The van der Waals surface area contributed by atoms with E-state index in [2.05, 4.69) is 0 Å². The molecule has 1 rings (SSSR count). The number of aliphatic hydroxyl groups excluding tert-OH is 3. The fourth-order valence-electron chi connectivity index (χ4n) is 1.39. The summed E-state index contributed by atoms with van der Waals surface area (Å²) in [5.74, 6) is -1.29. The number of anilines is 1. The van der Waals surface area contributed by atoms with Gasteiger partial charge in [0, 0.05) is 5.69 Å². The molecule has 0 aromatic heterocycles. The van der Waals surface area contributed by atoms with Gasteiger partial charge in [0.05, 0.1) is 12.2 Å². The lowest BCUT2D eigenvalue weighted by atomic mass is 9.97. The standard InChI is InChI=1S/C10H13NO5/c11-6-3-1-2-5(8(6)10(15)16)9(14)7(13)4-12/h1-3,7,9,12-14H,4,11H2,(H,15,16). The molecular weight excluding hydrogens is 214 g/mol. The SMILES string of the molecule is Nc1cccc(C(O)C(O)CO)c1C(=O)O. The largest absolute Gasteiger partial charge is 0.478 e. The van der Waals surface area contributed by atoms with Crippen LogP contribution >= 0.6 is 0 Å². The Bertz CT molecular complexity index is 393. The van der Waals surface area contributed by atoms with Crippen LogP contribution in [0.4, 0.5) is 5.69 Å². The fourth-order valence-corrected chi connectivity index (χ4v) is 1.39. The highest BCUT2D eigenvalue weighted by atomic mass is 16.4. The Labute approximate surface area is 91.6 Å². The third kappa shape index (κ3) is 2.30. The molecule has 2 atom stereocenters. The maximum Gasteiger partial charge on any atom is 0.338 e. The van der Waals surface area contributed by atoms with Crippen molar-refractivity contribution in [2.45, 2.75) is 12.2 Å². The molecule has 0 fully saturated rings. The number of aliphatic hydroxyl groups is 3. The first-order chi connectivity index (χ1) is 7.49. The van der Waals surface area contributed by atoms with Crippen LogP contribution in [0.15, 0.2) is 18.2 Å². The lowest BCUT2D eigenvalue weighted by Crippen LogP contribution is -2.24. The molecule has 0 aliphatic heterocycles. The minimum absolute atomic E-state index is 0.00538. The summed E-state index contributed by atoms with van der Waals surface area (Å²) in [4.78, 5) is 10.9. The molecule has 6 N–H and O–H groups in total. The van der Waals surface area contributed by atoms with E-state index in [1.165, 1.54) is 18.2 Å². The van der Waals surface area contributed by atoms with Gasteiger partial charge in [0.1, 0.15) is 12.2 Å². The second-order valence-corrected chi connectivity index (χ2v) is 3.31. The summed E-state index contributed by atoms with van der Waals surface area (Å²) in [7, 11) is 0. The molecular formula is C10H13NO5. The van der Waals surface area contributed by atoms with Crippen molar-refractivity contribution in [2.75, 3.05) is 12.3 Å². The second-order valence-electron chi connectivity index (χ2n) is 3.31. The van der Waals surface area contributed by atoms with Crippen LogP contribution in [0, 0.1) is 0 Å². The number of hydrogen-bond acceptors (Lipinski definition) is 5. The van der Waals surface area contributed by atoms with E-state index < -0.39 is 24.8 Å². The highest BCUT2D eigenvalue weighted by molar-refractivity contribution is 5.95. The van der Waals surface area contributed by atoms with Crippen molar-refractivity contribution < 1.29 is 25.2 Å². The molecule has 0 spiro atoms. The van der Waals surface area contributed by atoms with Gasteiger partial charge in [-0.15, -0.1) is 0 Å². The summed E-state index contributed by atoms with van der Waals surface area (Å²) in [6.07, 6.45) is -2.93. The zero-order chi connectivity index (χ0) is 12.3. The van der Waals surface area contributed by atoms with E-state index in [1.54, 1.807) is 0 Å². The summed E-state index contributed by atoms with van der Waals surface area (Å²) in [5, 5.41) is 36.4. The molecule has 0 heterocycles. The molecule has 1 aromatic carbocycles. The molecule has 0 saturated carbocycles. The van der Waals surface area contributed by atoms with E-state index >= 15 is 0 Å². The summed E-state index contributed by atoms with van der Waals surface area (Å²) >= 11 is 0. The van der Waals surface area contributed by atoms with Gasteiger partial charge in [-0.05, 0) is 11.6 Å². The van der Waals surface area contributed by atoms with Crippen molar-refractivity contribution in [1.29, 1.82) is 0 Å². The quantitative estimate of drug-likeness (QED) is 0.435. The molecule has 1 aromatic rings. The van der Waals surface area contributed by atoms with Crippen LogP contribution in [0.5, 0.6) is 0 Å². The van der Waals surface area contributed by atoms with Crippen LogP contribution in [-0.2, 0) is 0 Å². The Morgan fingerprint density at radius 2 is 2.00 bits per heavy atom. The van der Waals surface area contributed by atoms with Crippen molar-refractivity contribution in [3.05, 3.63) is 29.3 Å². The molecule has 16 heavy (non-hydrogen) atoms. The maximum atomic E-state index is 10.9. The predicted octanol–water partition coefficient (Wildman–Crippen LogP) is -0.646. The van der Waals surface area contributed by atoms with E-state index in [9.17, 15) is 15.0 Å². The minimum Gasteiger partial charge on any atom is -0.478 e. The van der Waals surface area contributed by atoms with Gasteiger partial charge in [-0.3, -0.25) is 0 Å². The molecule has 0 aliphatic carbocycles. The average Bonchev–Trinajstić information content (AvgIpc) is 2.26. The first-order valence-electron chi connectivity index (χ1n) is 4.57. The van der Waals surface area contributed by atoms with Crippen molar-refractivity contribution in [3.8, 4) is 0 Å². The van der Waals surface area contributed by atoms with Gasteiger partial charge in [-0.25, -0.2) is 4.79 Å². The average molecular weight is 227 g/mol. The Morgan fingerprint density at radius 1 is 1.38 bits per heavy atom. The van der Waals surface area contributed by atoms with Crippen LogP contribution in [0.25, 0.3) is 0 Å². The number of carboxylic acids is 1. The van der Waals surface area contributed by atoms with Crippen molar-refractivity contribution in [3.63, 3.8) is 0 Å². The van der Waals surface area contributed by atoms with Crippen LogP contribution in [0.1, 0.15) is 22.0 Å². The number of nitrogens with two attached hydrogens (primary N) is 1. The molecule has 2 unspecified atom stereocenters. The molecule has 0 aliphatic rings. The van der Waals surface area contributed by atoms with E-state index in [4.69, 9.17) is 15.9 Å². The molecule has 88 valence electrons. The van der Waals surface area contributed by atoms with Crippen molar-refractivity contribution in [1.82, 2.24) is 0 Å². The zero-order valence-electron chi connectivity index (χ0n) is 8.37. The van der Waals surface area contributed by atoms with Crippen molar-refractivity contribution in [2.24, 2.45) is 0 Å². The minimum atomic E-state index is -1.49. The first-order valence-corrected chi connectivity index (χ1v) is 4.57. The van der Waals surface area contributed by atoms with Gasteiger partial charge < -0.3 is 26.2 Å². The smallest absolute Gasteiger partial charge is 0.338 e. The molecule has 0 bridgehead atoms. The molecule has 6 heteroatoms. The third-order valence-corrected chi connectivity index (χ3v) is 2.21. The normalized spacial score (nSPS) is 14.4. The summed E-state index contributed by atoms with van der Waals surface area (Å²) in [5.41, 5.74) is 5.18. The molecule has 0 radical (unpaired) electrons. The van der Waals surface area contributed by atoms with E-state index in [1.807, 2.05) is 0 Å². The number of carbonyl (C=O) groups is 1. The van der Waals surface area contributed by atoms with Gasteiger partial charge in [0.15, 0.2) is 0 Å². The second kappa shape index (κ2) is 4.93. The summed E-state index contributed by atoms with van der Waals surface area (Å²) in [6, 6.07) is 4.18. The first kappa shape index (κ1) is 12.4. The number of rotatable bonds is 4. The Balaban J connectivity index is 3.22. The molecule has 0 amide bonds. The molecule has 6 nitrogen and oxygen atoms in total. The number of aromatic carboxylic acids is 1. The fraction of sp³-hybridized carbons (Fsp3) is 0.300. The van der Waals surface area contributed by atoms with Gasteiger partial charge in [-0.1, -0.05) is 12.1 Å². The zero-order valence-corrected chi connectivity index (χ0v) is 8.37. The number of carboxylic acid groups (broad SMARTS) is 1. The maximum absolute atomic E-state index is 10.9. The van der Waals surface area contributed by atoms with Crippen LogP contribution < -0.4 is 5.73 Å². The lowest BCUT2D eigenvalue weighted by Gasteiger charge is -2.18. The number of benzene rings is 1. The topological polar surface area (TPSA) is 124 Å². The lowest BCUT2D eigenvalue weighted by molar-refractivity contribution is -0.0157. The highest BCUT2D eigenvalue weighted by Crippen LogP contribution is 2.25. The van der Waals surface area contributed by atoms with Gasteiger partial charge in [-0.2, -0.15) is 0 Å². The van der Waals surface area contributed by atoms with Gasteiger partial charge >= 0.3 is 5.97 Å². The van der Waals surface area contributed by atoms with Gasteiger partial charge in [0.2, 0.25) is 0 Å². The third-order valence-electron chi connectivity index (χ3n) is 2.21. The number of nitrogen functional groups attached to an aromatic ring is 1. The number of hydrogen-bond donors (Lipinski definition) is 5. The summed E-state index contributed by atoms with van der Waals surface area (Å²) in [6.45, 7) is -0.672. The monoisotopic (exact) mass is 227 g/mol. The van der Waals surface area contributed by atoms with Crippen LogP contribution in [0.3, 0.4) is 0 Å². The van der Waals surface area contributed by atoms with Crippen molar-refractivity contribution >= 4 is 11.7 Å².